The first-order valence-electron chi connectivity index (χ1n) is 9.11. The summed E-state index contributed by atoms with van der Waals surface area (Å²) in [6, 6.07) is 18.3. The molecule has 0 aliphatic heterocycles. The first kappa shape index (κ1) is 16.6. The molecule has 1 aliphatic carbocycles. The van der Waals surface area contributed by atoms with E-state index in [0.29, 0.717) is 5.56 Å². The number of carbonyl (C=O) groups is 1. The number of aryl methyl sites for hydroxylation is 2. The van der Waals surface area contributed by atoms with Crippen molar-refractivity contribution in [2.24, 2.45) is 0 Å². The first-order valence-corrected chi connectivity index (χ1v) is 9.11. The third-order valence-electron chi connectivity index (χ3n) is 5.32. The average molecular weight is 345 g/mol. The number of hydrogen-bond acceptors (Lipinski definition) is 2. The van der Waals surface area contributed by atoms with Crippen molar-refractivity contribution in [1.29, 1.82) is 0 Å². The summed E-state index contributed by atoms with van der Waals surface area (Å²) in [7, 11) is 1.92. The van der Waals surface area contributed by atoms with Crippen molar-refractivity contribution in [2.45, 2.75) is 32.2 Å². The van der Waals surface area contributed by atoms with Crippen LogP contribution in [0.3, 0.4) is 0 Å². The normalized spacial score (nSPS) is 16.2. The molecule has 132 valence electrons. The van der Waals surface area contributed by atoms with Gasteiger partial charge in [0.05, 0.1) is 11.7 Å². The van der Waals surface area contributed by atoms with Gasteiger partial charge in [-0.25, -0.2) is 4.68 Å². The first-order chi connectivity index (χ1) is 12.6. The predicted molar refractivity (Wildman–Crippen MR) is 103 cm³/mol. The van der Waals surface area contributed by atoms with Crippen molar-refractivity contribution in [3.63, 3.8) is 0 Å². The molecule has 3 aromatic rings. The van der Waals surface area contributed by atoms with Crippen LogP contribution in [-0.2, 0) is 6.42 Å². The van der Waals surface area contributed by atoms with E-state index in [0.717, 1.165) is 30.6 Å². The second kappa shape index (κ2) is 6.79. The minimum atomic E-state index is 0.0652. The smallest absolute Gasteiger partial charge is 0.254 e. The van der Waals surface area contributed by atoms with Crippen LogP contribution in [0.4, 0.5) is 0 Å². The van der Waals surface area contributed by atoms with E-state index in [1.165, 1.54) is 11.1 Å². The molecule has 1 aromatic heterocycles. The van der Waals surface area contributed by atoms with Gasteiger partial charge in [-0.2, -0.15) is 5.10 Å². The van der Waals surface area contributed by atoms with Gasteiger partial charge in [0.1, 0.15) is 0 Å². The molecule has 0 bridgehead atoms. The number of carbonyl (C=O) groups excluding carboxylic acids is 1. The molecule has 1 heterocycles. The average Bonchev–Trinajstić information content (AvgIpc) is 3.12. The fourth-order valence-electron chi connectivity index (χ4n) is 3.86. The SMILES string of the molecule is Cc1ccnn1-c1ccc(C(=O)N(C)[C@H]2CCCc3ccccc32)cc1. The molecule has 4 rings (SSSR count). The van der Waals surface area contributed by atoms with Gasteiger partial charge in [0.25, 0.3) is 5.91 Å². The summed E-state index contributed by atoms with van der Waals surface area (Å²) in [5.41, 5.74) is 5.41. The fourth-order valence-corrected chi connectivity index (χ4v) is 3.86. The van der Waals surface area contributed by atoms with Crippen LogP contribution in [0.2, 0.25) is 0 Å². The highest BCUT2D eigenvalue weighted by atomic mass is 16.2. The molecular formula is C22H23N3O. The molecule has 0 unspecified atom stereocenters. The van der Waals surface area contributed by atoms with Gasteiger partial charge < -0.3 is 4.90 Å². The van der Waals surface area contributed by atoms with E-state index in [-0.39, 0.29) is 11.9 Å². The lowest BCUT2D eigenvalue weighted by Gasteiger charge is -2.33. The lowest BCUT2D eigenvalue weighted by Crippen LogP contribution is -2.33. The Kier molecular flexibility index (Phi) is 4.33. The van der Waals surface area contributed by atoms with Crippen LogP contribution < -0.4 is 0 Å². The number of aromatic nitrogens is 2. The van der Waals surface area contributed by atoms with Gasteiger partial charge in [0.2, 0.25) is 0 Å². The number of fused-ring (bicyclic) bond motifs is 1. The summed E-state index contributed by atoms with van der Waals surface area (Å²) in [4.78, 5) is 14.9. The third kappa shape index (κ3) is 2.92. The van der Waals surface area contributed by atoms with Crippen LogP contribution in [0.25, 0.3) is 5.69 Å². The van der Waals surface area contributed by atoms with Gasteiger partial charge in [0, 0.05) is 24.5 Å². The molecule has 0 radical (unpaired) electrons. The van der Waals surface area contributed by atoms with Gasteiger partial charge in [-0.3, -0.25) is 4.79 Å². The van der Waals surface area contributed by atoms with E-state index in [9.17, 15) is 4.79 Å². The minimum Gasteiger partial charge on any atom is -0.335 e. The van der Waals surface area contributed by atoms with Crippen molar-refractivity contribution < 1.29 is 4.79 Å². The zero-order chi connectivity index (χ0) is 18.1. The van der Waals surface area contributed by atoms with Crippen molar-refractivity contribution in [2.75, 3.05) is 7.05 Å². The Morgan fingerprint density at radius 3 is 2.62 bits per heavy atom. The highest BCUT2D eigenvalue weighted by Crippen LogP contribution is 2.34. The van der Waals surface area contributed by atoms with Crippen LogP contribution >= 0.6 is 0 Å². The van der Waals surface area contributed by atoms with E-state index in [2.05, 4.69) is 29.4 Å². The molecule has 0 saturated heterocycles. The molecule has 4 nitrogen and oxygen atoms in total. The molecule has 1 aliphatic rings. The Bertz CT molecular complexity index is 927. The highest BCUT2D eigenvalue weighted by Gasteiger charge is 2.27. The summed E-state index contributed by atoms with van der Waals surface area (Å²) in [6.45, 7) is 2.01. The van der Waals surface area contributed by atoms with Crippen molar-refractivity contribution in [3.8, 4) is 5.69 Å². The maximum absolute atomic E-state index is 13.0. The van der Waals surface area contributed by atoms with Gasteiger partial charge in [0.15, 0.2) is 0 Å². The van der Waals surface area contributed by atoms with Gasteiger partial charge in [-0.05, 0) is 67.6 Å². The van der Waals surface area contributed by atoms with Crippen molar-refractivity contribution >= 4 is 5.91 Å². The molecular weight excluding hydrogens is 322 g/mol. The number of benzene rings is 2. The minimum absolute atomic E-state index is 0.0652. The fraction of sp³-hybridized carbons (Fsp3) is 0.273. The Labute approximate surface area is 154 Å². The van der Waals surface area contributed by atoms with Crippen LogP contribution in [0.5, 0.6) is 0 Å². The third-order valence-corrected chi connectivity index (χ3v) is 5.32. The second-order valence-electron chi connectivity index (χ2n) is 6.95. The monoisotopic (exact) mass is 345 g/mol. The van der Waals surface area contributed by atoms with Crippen LogP contribution in [0.15, 0.2) is 60.8 Å². The zero-order valence-corrected chi connectivity index (χ0v) is 15.2. The molecule has 0 spiro atoms. The molecule has 0 fully saturated rings. The molecule has 2 aromatic carbocycles. The number of rotatable bonds is 3. The van der Waals surface area contributed by atoms with E-state index in [4.69, 9.17) is 0 Å². The topological polar surface area (TPSA) is 38.1 Å². The Morgan fingerprint density at radius 1 is 1.12 bits per heavy atom. The molecule has 1 amide bonds. The van der Waals surface area contributed by atoms with E-state index in [1.54, 1.807) is 6.20 Å². The molecule has 0 saturated carbocycles. The summed E-state index contributed by atoms with van der Waals surface area (Å²) in [5, 5.41) is 4.32. The van der Waals surface area contributed by atoms with Gasteiger partial charge in [-0.1, -0.05) is 24.3 Å². The van der Waals surface area contributed by atoms with E-state index in [1.807, 2.05) is 53.9 Å². The summed E-state index contributed by atoms with van der Waals surface area (Å²) in [6.07, 6.45) is 5.02. The van der Waals surface area contributed by atoms with Crippen LogP contribution in [-0.4, -0.2) is 27.6 Å². The Hall–Kier alpha value is -2.88. The molecule has 4 heteroatoms. The van der Waals surface area contributed by atoms with Crippen molar-refractivity contribution in [3.05, 3.63) is 83.2 Å². The van der Waals surface area contributed by atoms with E-state index < -0.39 is 0 Å². The number of hydrogen-bond donors (Lipinski definition) is 0. The molecule has 1 atom stereocenters. The van der Waals surface area contributed by atoms with Gasteiger partial charge in [-0.15, -0.1) is 0 Å². The summed E-state index contributed by atoms with van der Waals surface area (Å²) < 4.78 is 1.87. The van der Waals surface area contributed by atoms with Crippen LogP contribution in [0.1, 0.15) is 46.1 Å². The lowest BCUT2D eigenvalue weighted by molar-refractivity contribution is 0.0715. The molecule has 26 heavy (non-hydrogen) atoms. The maximum atomic E-state index is 13.0. The number of nitrogens with zero attached hydrogens (tertiary/aromatic N) is 3. The largest absolute Gasteiger partial charge is 0.335 e. The van der Waals surface area contributed by atoms with E-state index >= 15 is 0 Å². The zero-order valence-electron chi connectivity index (χ0n) is 15.2. The number of amides is 1. The van der Waals surface area contributed by atoms with Crippen molar-refractivity contribution in [1.82, 2.24) is 14.7 Å². The predicted octanol–water partition coefficient (Wildman–Crippen LogP) is 4.33. The Morgan fingerprint density at radius 2 is 1.88 bits per heavy atom. The molecule has 0 N–H and O–H groups in total. The summed E-state index contributed by atoms with van der Waals surface area (Å²) >= 11 is 0. The Balaban J connectivity index is 1.57. The van der Waals surface area contributed by atoms with Crippen LogP contribution in [0, 0.1) is 6.92 Å². The van der Waals surface area contributed by atoms with Gasteiger partial charge >= 0.3 is 0 Å². The lowest BCUT2D eigenvalue weighted by atomic mass is 9.87. The summed E-state index contributed by atoms with van der Waals surface area (Å²) in [5.74, 6) is 0.0652. The standard InChI is InChI=1S/C22H23N3O/c1-16-14-15-23-25(16)19-12-10-18(11-13-19)22(26)24(2)21-9-5-7-17-6-3-4-8-20(17)21/h3-4,6,8,10-15,21H,5,7,9H2,1-2H3/t21-/m0/s1. The maximum Gasteiger partial charge on any atom is 0.254 e. The second-order valence-corrected chi connectivity index (χ2v) is 6.95. The quantitative estimate of drug-likeness (QED) is 0.708. The highest BCUT2D eigenvalue weighted by molar-refractivity contribution is 5.94.